The summed E-state index contributed by atoms with van der Waals surface area (Å²) in [6.45, 7) is 3.66. The minimum absolute atomic E-state index is 0.0213. The van der Waals surface area contributed by atoms with Gasteiger partial charge in [-0.25, -0.2) is 9.59 Å². The Hall–Kier alpha value is -3.28. The molecule has 2 aromatic carbocycles. The van der Waals surface area contributed by atoms with E-state index >= 15 is 0 Å². The number of nitrogens with two attached hydrogens (primary N) is 1. The molecule has 0 fully saturated rings. The van der Waals surface area contributed by atoms with Gasteiger partial charge in [-0.1, -0.05) is 43.0 Å². The Morgan fingerprint density at radius 2 is 1.84 bits per heavy atom. The van der Waals surface area contributed by atoms with Gasteiger partial charge >= 0.3 is 12.1 Å². The SMILES string of the molecule is C=CCOC(=O)c1cc(N)ccc1OC(=O)OCCc1ccccc1. The van der Waals surface area contributed by atoms with Crippen LogP contribution in [0, 0.1) is 0 Å². The third-order valence-corrected chi connectivity index (χ3v) is 3.20. The highest BCUT2D eigenvalue weighted by atomic mass is 16.7. The molecule has 2 N–H and O–H groups in total. The lowest BCUT2D eigenvalue weighted by atomic mass is 10.2. The van der Waals surface area contributed by atoms with E-state index in [-0.39, 0.29) is 24.5 Å². The van der Waals surface area contributed by atoms with Gasteiger partial charge in [0, 0.05) is 12.1 Å². The van der Waals surface area contributed by atoms with Crippen LogP contribution >= 0.6 is 0 Å². The van der Waals surface area contributed by atoms with Gasteiger partial charge < -0.3 is 19.9 Å². The molecule has 0 saturated carbocycles. The van der Waals surface area contributed by atoms with Crippen LogP contribution in [0.2, 0.25) is 0 Å². The lowest BCUT2D eigenvalue weighted by Gasteiger charge is -2.10. The average Bonchev–Trinajstić information content (AvgIpc) is 2.62. The number of benzene rings is 2. The maximum atomic E-state index is 12.0. The smallest absolute Gasteiger partial charge is 0.458 e. The van der Waals surface area contributed by atoms with Crippen molar-refractivity contribution in [2.45, 2.75) is 6.42 Å². The van der Waals surface area contributed by atoms with E-state index in [4.69, 9.17) is 19.9 Å². The molecular formula is C19H19NO5. The van der Waals surface area contributed by atoms with E-state index in [0.717, 1.165) is 5.56 Å². The first-order valence-corrected chi connectivity index (χ1v) is 7.66. The Bertz CT molecular complexity index is 743. The molecule has 2 aromatic rings. The number of ether oxygens (including phenoxy) is 3. The minimum Gasteiger partial charge on any atom is -0.458 e. The molecule has 2 rings (SSSR count). The summed E-state index contributed by atoms with van der Waals surface area (Å²) in [6, 6.07) is 13.9. The number of nitrogen functional groups attached to an aromatic ring is 1. The van der Waals surface area contributed by atoms with Crippen molar-refractivity contribution in [1.29, 1.82) is 0 Å². The zero-order chi connectivity index (χ0) is 18.1. The van der Waals surface area contributed by atoms with Crippen molar-refractivity contribution >= 4 is 17.8 Å². The fourth-order valence-electron chi connectivity index (χ4n) is 2.02. The zero-order valence-electron chi connectivity index (χ0n) is 13.6. The maximum absolute atomic E-state index is 12.0. The van der Waals surface area contributed by atoms with E-state index in [2.05, 4.69) is 6.58 Å². The van der Waals surface area contributed by atoms with E-state index in [0.29, 0.717) is 12.1 Å². The summed E-state index contributed by atoms with van der Waals surface area (Å²) in [7, 11) is 0. The zero-order valence-corrected chi connectivity index (χ0v) is 13.6. The molecule has 0 unspecified atom stereocenters. The van der Waals surface area contributed by atoms with Crippen LogP contribution in [0.25, 0.3) is 0 Å². The topological polar surface area (TPSA) is 87.9 Å². The summed E-state index contributed by atoms with van der Waals surface area (Å²) in [5, 5.41) is 0. The van der Waals surface area contributed by atoms with Crippen LogP contribution in [0.5, 0.6) is 5.75 Å². The van der Waals surface area contributed by atoms with E-state index in [1.807, 2.05) is 30.3 Å². The third kappa shape index (κ3) is 5.69. The van der Waals surface area contributed by atoms with Gasteiger partial charge in [0.15, 0.2) is 0 Å². The molecule has 25 heavy (non-hydrogen) atoms. The summed E-state index contributed by atoms with van der Waals surface area (Å²) in [4.78, 5) is 23.8. The molecule has 0 amide bonds. The fraction of sp³-hybridized carbons (Fsp3) is 0.158. The second-order valence-corrected chi connectivity index (χ2v) is 5.08. The van der Waals surface area contributed by atoms with Gasteiger partial charge in [0.25, 0.3) is 0 Å². The second kappa shape index (κ2) is 9.12. The summed E-state index contributed by atoms with van der Waals surface area (Å²) in [6.07, 6.45) is 1.09. The number of hydrogen-bond donors (Lipinski definition) is 1. The Balaban J connectivity index is 1.95. The summed E-state index contributed by atoms with van der Waals surface area (Å²) < 4.78 is 15.1. The first-order valence-electron chi connectivity index (χ1n) is 7.66. The van der Waals surface area contributed by atoms with Crippen molar-refractivity contribution in [3.8, 4) is 5.75 Å². The molecule has 0 aliphatic carbocycles. The van der Waals surface area contributed by atoms with Crippen LogP contribution in [0.3, 0.4) is 0 Å². The molecule has 0 saturated heterocycles. The molecular weight excluding hydrogens is 322 g/mol. The molecule has 0 bridgehead atoms. The number of hydrogen-bond acceptors (Lipinski definition) is 6. The first kappa shape index (κ1) is 18.1. The van der Waals surface area contributed by atoms with E-state index < -0.39 is 12.1 Å². The van der Waals surface area contributed by atoms with Crippen molar-refractivity contribution in [1.82, 2.24) is 0 Å². The summed E-state index contributed by atoms with van der Waals surface area (Å²) >= 11 is 0. The van der Waals surface area contributed by atoms with Gasteiger partial charge in [0.05, 0.1) is 6.61 Å². The van der Waals surface area contributed by atoms with Gasteiger partial charge in [-0.2, -0.15) is 0 Å². The van der Waals surface area contributed by atoms with Crippen LogP contribution in [0.4, 0.5) is 10.5 Å². The molecule has 0 aliphatic rings. The van der Waals surface area contributed by atoms with Crippen molar-refractivity contribution in [2.24, 2.45) is 0 Å². The molecule has 0 aliphatic heterocycles. The van der Waals surface area contributed by atoms with Gasteiger partial charge in [-0.05, 0) is 23.8 Å². The lowest BCUT2D eigenvalue weighted by Crippen LogP contribution is -2.15. The maximum Gasteiger partial charge on any atom is 0.513 e. The van der Waals surface area contributed by atoms with E-state index in [9.17, 15) is 9.59 Å². The normalized spacial score (nSPS) is 9.92. The largest absolute Gasteiger partial charge is 0.513 e. The molecule has 130 valence electrons. The predicted octanol–water partition coefficient (Wildman–Crippen LogP) is 3.37. The number of anilines is 1. The standard InChI is InChI=1S/C19H19NO5/c1-2-11-23-18(21)16-13-15(20)8-9-17(16)25-19(22)24-12-10-14-6-4-3-5-7-14/h2-9,13H,1,10-12,20H2. The molecule has 0 heterocycles. The Morgan fingerprint density at radius 3 is 2.56 bits per heavy atom. The molecule has 0 spiro atoms. The lowest BCUT2D eigenvalue weighted by molar-refractivity contribution is 0.0544. The van der Waals surface area contributed by atoms with Crippen LogP contribution in [0.15, 0.2) is 61.2 Å². The number of esters is 1. The predicted molar refractivity (Wildman–Crippen MR) is 93.5 cm³/mol. The molecule has 0 atom stereocenters. The van der Waals surface area contributed by atoms with E-state index in [1.54, 1.807) is 0 Å². The third-order valence-electron chi connectivity index (χ3n) is 3.20. The van der Waals surface area contributed by atoms with Gasteiger partial charge in [0.2, 0.25) is 0 Å². The Labute approximate surface area is 145 Å². The minimum atomic E-state index is -0.904. The number of carbonyl (C=O) groups is 2. The average molecular weight is 341 g/mol. The number of rotatable bonds is 7. The van der Waals surface area contributed by atoms with Crippen LogP contribution < -0.4 is 10.5 Å². The van der Waals surface area contributed by atoms with Gasteiger partial charge in [-0.3, -0.25) is 0 Å². The summed E-state index contributed by atoms with van der Waals surface area (Å²) in [5.41, 5.74) is 7.09. The quantitative estimate of drug-likeness (QED) is 0.359. The fourth-order valence-corrected chi connectivity index (χ4v) is 2.02. The van der Waals surface area contributed by atoms with Gasteiger partial charge in [-0.15, -0.1) is 0 Å². The highest BCUT2D eigenvalue weighted by Gasteiger charge is 2.17. The summed E-state index contributed by atoms with van der Waals surface area (Å²) in [5.74, 6) is -0.646. The second-order valence-electron chi connectivity index (χ2n) is 5.08. The van der Waals surface area contributed by atoms with Crippen molar-refractivity contribution < 1.29 is 23.8 Å². The van der Waals surface area contributed by atoms with Crippen molar-refractivity contribution in [3.63, 3.8) is 0 Å². The van der Waals surface area contributed by atoms with Crippen molar-refractivity contribution in [2.75, 3.05) is 18.9 Å². The molecule has 6 nitrogen and oxygen atoms in total. The monoisotopic (exact) mass is 341 g/mol. The van der Waals surface area contributed by atoms with Crippen LogP contribution in [-0.2, 0) is 15.9 Å². The first-order chi connectivity index (χ1) is 12.1. The molecule has 0 aromatic heterocycles. The highest BCUT2D eigenvalue weighted by molar-refractivity contribution is 5.94. The molecule has 6 heteroatoms. The van der Waals surface area contributed by atoms with Crippen LogP contribution in [-0.4, -0.2) is 25.3 Å². The highest BCUT2D eigenvalue weighted by Crippen LogP contribution is 2.23. The van der Waals surface area contributed by atoms with E-state index in [1.165, 1.54) is 24.3 Å². The van der Waals surface area contributed by atoms with Gasteiger partial charge in [0.1, 0.15) is 17.9 Å². The molecule has 0 radical (unpaired) electrons. The Kier molecular flexibility index (Phi) is 6.59. The van der Waals surface area contributed by atoms with Crippen molar-refractivity contribution in [3.05, 3.63) is 72.3 Å². The van der Waals surface area contributed by atoms with Crippen LogP contribution in [0.1, 0.15) is 15.9 Å². The Morgan fingerprint density at radius 1 is 1.08 bits per heavy atom. The number of carbonyl (C=O) groups excluding carboxylic acids is 2.